The number of nitrogens with two attached hydrogens (primary N) is 1. The maximum atomic E-state index is 12.2. The highest BCUT2D eigenvalue weighted by molar-refractivity contribution is 5.88. The maximum Gasteiger partial charge on any atom is 0.313 e. The predicted octanol–water partition coefficient (Wildman–Crippen LogP) is 10.5. The number of carbonyl (C=O) groups excluding carboxylic acids is 7. The van der Waals surface area contributed by atoms with Gasteiger partial charge in [-0.25, -0.2) is 0 Å². The summed E-state index contributed by atoms with van der Waals surface area (Å²) < 4.78 is 15.4. The molecule has 0 bridgehead atoms. The van der Waals surface area contributed by atoms with E-state index in [-0.39, 0.29) is 82.3 Å². The Hall–Kier alpha value is -10.1. The third kappa shape index (κ3) is 17.3. The van der Waals surface area contributed by atoms with E-state index in [4.69, 9.17) is 35.3 Å². The Morgan fingerprint density at radius 1 is 0.515 bits per heavy atom. The first-order chi connectivity index (χ1) is 47.1. The van der Waals surface area contributed by atoms with Crippen molar-refractivity contribution in [2.24, 2.45) is 33.0 Å². The summed E-state index contributed by atoms with van der Waals surface area (Å²) in [5.41, 5.74) is 19.7. The minimum Gasteiger partial charge on any atom is -0.466 e. The Balaban J connectivity index is 0.000000150. The van der Waals surface area contributed by atoms with Crippen molar-refractivity contribution in [2.75, 3.05) is 45.2 Å². The normalized spacial score (nSPS) is 19.9. The highest BCUT2D eigenvalue weighted by atomic mass is 16.9. The van der Waals surface area contributed by atoms with Gasteiger partial charge in [0.15, 0.2) is 0 Å². The summed E-state index contributed by atoms with van der Waals surface area (Å²) in [5.74, 6) is 0.234. The SMILES string of the molecule is C.C=CCC1(C(=O)OCC)Cc2ccccc2C1.CCOC(=O)C1(CC=O)Cc2ccccc2C1.CCOC(=O)C1Cc2ccccc2C1.Nc1ccc2c(c1)CC1(CCNC1=O)C2.O=C1NCCC12Cc1ccc([N+](=O)[O-])cc1C2.O=C1NCCC12Cc1ccccc1C2.O=[N+]([O-])O. The van der Waals surface area contributed by atoms with Crippen LogP contribution in [0.5, 0.6) is 0 Å². The standard InChI is InChI=1S/C15H18O2.C14H16O3.C12H12N2O3.C12H14N2O.C12H13NO.C12H14O2.CH4.HNO3/c1-3-9-15(14(16)17-4-2)10-12-7-5-6-8-13(12)11-15;1-2-17-13(16)14(7-8-15)9-11-5-3-4-6-12(11)10-14;15-11-12(3-4-13-11)6-8-1-2-10(14(16)17)5-9(8)7-12;13-10-2-1-8-6-12(7-9(8)5-10)3-4-14-11(12)15;14-11-12(5-6-13-11)7-9-3-1-2-4-10(9)8-12;1-2-14-12(13)11-7-9-5-3-4-6-10(9)8-11;;2-1(3)4/h3,5-8H,1,4,9-11H2,2H3;3-6,8H,2,7,9-10H2,1H3;1-2,5H,3-4,6-7H2,(H,13,15);1-2,5H,3-4,6-7,13H2,(H,14,15);1-4H,5-8H2,(H,13,14);3-6,11H,2,7-8H2,1H3;1H4;(H,2,3,4). The molecular weight excluding hydrogens is 1260 g/mol. The van der Waals surface area contributed by atoms with Gasteiger partial charge in [-0.3, -0.25) is 38.9 Å². The second-order valence-electron chi connectivity index (χ2n) is 26.9. The number of nitrogens with one attached hydrogen (secondary N) is 3. The van der Waals surface area contributed by atoms with Gasteiger partial charge < -0.3 is 45.9 Å². The largest absolute Gasteiger partial charge is 0.466 e. The molecule has 3 saturated heterocycles. The molecule has 2 atom stereocenters. The second kappa shape index (κ2) is 33.0. The van der Waals surface area contributed by atoms with Crippen molar-refractivity contribution in [1.82, 2.24) is 16.0 Å². The van der Waals surface area contributed by atoms with E-state index >= 15 is 0 Å². The van der Waals surface area contributed by atoms with E-state index in [2.05, 4.69) is 77.1 Å². The molecule has 3 amide bonds. The lowest BCUT2D eigenvalue weighted by Gasteiger charge is -2.24. The zero-order valence-corrected chi connectivity index (χ0v) is 56.0. The van der Waals surface area contributed by atoms with Crippen molar-refractivity contribution in [3.05, 3.63) is 233 Å². The van der Waals surface area contributed by atoms with E-state index in [1.165, 1.54) is 50.6 Å². The third-order valence-electron chi connectivity index (χ3n) is 20.5. The van der Waals surface area contributed by atoms with E-state index in [9.17, 15) is 43.7 Å². The van der Waals surface area contributed by atoms with Crippen molar-refractivity contribution in [1.29, 1.82) is 0 Å². The fourth-order valence-corrected chi connectivity index (χ4v) is 15.6. The zero-order valence-electron chi connectivity index (χ0n) is 56.0. The van der Waals surface area contributed by atoms with Crippen molar-refractivity contribution in [3.63, 3.8) is 0 Å². The van der Waals surface area contributed by atoms with Crippen molar-refractivity contribution in [2.45, 2.75) is 137 Å². The molecule has 3 spiro atoms. The van der Waals surface area contributed by atoms with E-state index < -0.39 is 15.9 Å². The topological polar surface area (TPSA) is 316 Å². The quantitative estimate of drug-likeness (QED) is 0.0153. The van der Waals surface area contributed by atoms with Gasteiger partial charge >= 0.3 is 17.9 Å². The number of ether oxygens (including phenoxy) is 3. The monoisotopic (exact) mass is 1350 g/mol. The van der Waals surface area contributed by atoms with Gasteiger partial charge in [0.05, 0.1) is 57.7 Å². The number of benzene rings is 6. The molecule has 0 radical (unpaired) electrons. The molecule has 6 aliphatic carbocycles. The van der Waals surface area contributed by atoms with Crippen LogP contribution in [-0.4, -0.2) is 96.6 Å². The molecule has 6 aromatic carbocycles. The van der Waals surface area contributed by atoms with Gasteiger partial charge in [0, 0.05) is 43.9 Å². The van der Waals surface area contributed by atoms with Crippen LogP contribution < -0.4 is 21.7 Å². The number of rotatable bonds is 11. The van der Waals surface area contributed by atoms with Crippen LogP contribution in [0.2, 0.25) is 0 Å². The van der Waals surface area contributed by atoms with Crippen LogP contribution in [0.15, 0.2) is 146 Å². The van der Waals surface area contributed by atoms with E-state index in [0.717, 1.165) is 124 Å². The summed E-state index contributed by atoms with van der Waals surface area (Å²) in [6, 6.07) is 43.7. The minimum absolute atomic E-state index is 0. The Morgan fingerprint density at radius 3 is 1.17 bits per heavy atom. The molecule has 6 aromatic rings. The fourth-order valence-electron chi connectivity index (χ4n) is 15.6. The summed E-state index contributed by atoms with van der Waals surface area (Å²) in [6.45, 7) is 12.9. The number of nitrogens with zero attached hydrogens (tertiary/aromatic N) is 2. The van der Waals surface area contributed by atoms with E-state index in [1.54, 1.807) is 19.1 Å². The Labute approximate surface area is 578 Å². The van der Waals surface area contributed by atoms with Crippen LogP contribution in [0.4, 0.5) is 11.4 Å². The van der Waals surface area contributed by atoms with Gasteiger partial charge in [0.2, 0.25) is 17.7 Å². The number of fused-ring (bicyclic) bond motifs is 6. The highest BCUT2D eigenvalue weighted by Gasteiger charge is 2.50. The number of hydrogen-bond acceptors (Lipinski definition) is 15. The molecule has 3 heterocycles. The summed E-state index contributed by atoms with van der Waals surface area (Å²) in [6.07, 6.45) is 15.8. The molecule has 3 fully saturated rings. The second-order valence-corrected chi connectivity index (χ2v) is 26.9. The molecule has 99 heavy (non-hydrogen) atoms. The minimum atomic E-state index is -1.50. The molecule has 0 saturated carbocycles. The van der Waals surface area contributed by atoms with Crippen molar-refractivity contribution in [3.8, 4) is 0 Å². The summed E-state index contributed by atoms with van der Waals surface area (Å²) >= 11 is 0. The first-order valence-electron chi connectivity index (χ1n) is 33.7. The zero-order chi connectivity index (χ0) is 70.3. The molecule has 21 heteroatoms. The number of anilines is 1. The first kappa shape index (κ1) is 74.7. The van der Waals surface area contributed by atoms with Gasteiger partial charge in [-0.15, -0.1) is 16.7 Å². The van der Waals surface area contributed by atoms with Gasteiger partial charge in [0.1, 0.15) is 6.29 Å². The van der Waals surface area contributed by atoms with Crippen molar-refractivity contribution >= 4 is 53.3 Å². The molecule has 15 rings (SSSR count). The third-order valence-corrected chi connectivity index (χ3v) is 20.5. The molecule has 6 N–H and O–H groups in total. The smallest absolute Gasteiger partial charge is 0.313 e. The number of amides is 3. The molecule has 2 unspecified atom stereocenters. The van der Waals surface area contributed by atoms with E-state index in [1.807, 2.05) is 80.6 Å². The van der Waals surface area contributed by atoms with Crippen LogP contribution in [0.1, 0.15) is 127 Å². The van der Waals surface area contributed by atoms with Crippen LogP contribution >= 0.6 is 0 Å². The number of nitrogen functional groups attached to an aromatic ring is 1. The van der Waals surface area contributed by atoms with Gasteiger partial charge in [-0.1, -0.05) is 123 Å². The number of aldehydes is 1. The van der Waals surface area contributed by atoms with Gasteiger partial charge in [0.25, 0.3) is 10.8 Å². The molecular formula is C78H92N6O15. The van der Waals surface area contributed by atoms with Gasteiger partial charge in [-0.05, 0) is 202 Å². The number of carbonyl (C=O) groups is 7. The number of hydrogen-bond donors (Lipinski definition) is 5. The predicted molar refractivity (Wildman–Crippen MR) is 374 cm³/mol. The molecule has 3 aliphatic heterocycles. The van der Waals surface area contributed by atoms with Crippen LogP contribution in [0.3, 0.4) is 0 Å². The lowest BCUT2D eigenvalue weighted by molar-refractivity contribution is -0.742. The van der Waals surface area contributed by atoms with Crippen LogP contribution in [0.25, 0.3) is 0 Å². The number of esters is 3. The number of nitro benzene ring substituents is 1. The maximum absolute atomic E-state index is 12.2. The Morgan fingerprint density at radius 2 is 0.838 bits per heavy atom. The summed E-state index contributed by atoms with van der Waals surface area (Å²) in [4.78, 5) is 101. The Bertz CT molecular complexity index is 3790. The average molecular weight is 1350 g/mol. The summed E-state index contributed by atoms with van der Waals surface area (Å²) in [5, 5.41) is 33.1. The number of allylic oxidation sites excluding steroid dienone is 1. The fraction of sp³-hybridized carbons (Fsp3) is 0.423. The number of nitro groups is 1. The first-order valence-corrected chi connectivity index (χ1v) is 33.7. The van der Waals surface area contributed by atoms with E-state index in [0.29, 0.717) is 51.9 Å². The lowest BCUT2D eigenvalue weighted by atomic mass is 9.81. The van der Waals surface area contributed by atoms with Crippen molar-refractivity contribution < 1.29 is 63.0 Å². The molecule has 0 aromatic heterocycles. The van der Waals surface area contributed by atoms with Gasteiger partial charge in [-0.2, -0.15) is 0 Å². The molecule has 9 aliphatic rings. The van der Waals surface area contributed by atoms with Crippen LogP contribution in [0, 0.1) is 53.2 Å². The summed E-state index contributed by atoms with van der Waals surface area (Å²) in [7, 11) is 0. The Kier molecular flexibility index (Phi) is 24.9. The molecule has 524 valence electrons. The average Bonchev–Trinajstić information content (AvgIpc) is 1.66. The highest BCUT2D eigenvalue weighted by Crippen LogP contribution is 2.46. The molecule has 21 nitrogen and oxygen atoms in total. The lowest BCUT2D eigenvalue weighted by Crippen LogP contribution is -2.34. The van der Waals surface area contributed by atoms with Crippen LogP contribution in [-0.2, 0) is 125 Å². The number of non-ortho nitro benzene ring substituents is 1.